The zero-order valence-electron chi connectivity index (χ0n) is 28.6. The molecular weight excluding hydrogens is 663 g/mol. The van der Waals surface area contributed by atoms with Gasteiger partial charge >= 0.3 is 5.97 Å². The molecule has 6 nitrogen and oxygen atoms in total. The number of esters is 1. The van der Waals surface area contributed by atoms with Gasteiger partial charge in [0.05, 0.1) is 6.61 Å². The average molecular weight is 700 g/mol. The molecule has 0 spiro atoms. The minimum atomic E-state index is -1.19. The number of ether oxygens (including phenoxy) is 1. The van der Waals surface area contributed by atoms with E-state index in [0.717, 1.165) is 33.4 Å². The summed E-state index contributed by atoms with van der Waals surface area (Å²) < 4.78 is 5.55. The van der Waals surface area contributed by atoms with Gasteiger partial charge in [-0.15, -0.1) is 11.3 Å². The first-order valence-electron chi connectivity index (χ1n) is 17.2. The molecule has 7 aromatic rings. The van der Waals surface area contributed by atoms with Crippen LogP contribution in [0.25, 0.3) is 0 Å². The lowest BCUT2D eigenvalue weighted by Gasteiger charge is -2.36. The Bertz CT molecular complexity index is 2020. The Morgan fingerprint density at radius 3 is 1.33 bits per heavy atom. The molecule has 0 radical (unpaired) electrons. The van der Waals surface area contributed by atoms with Crippen LogP contribution in [0.1, 0.15) is 46.0 Å². The lowest BCUT2D eigenvalue weighted by Crippen LogP contribution is -2.38. The van der Waals surface area contributed by atoms with Gasteiger partial charge in [-0.05, 0) is 23.6 Å². The van der Waals surface area contributed by atoms with Crippen LogP contribution in [0.15, 0.2) is 193 Å². The topological polar surface area (TPSA) is 72.8 Å². The van der Waals surface area contributed by atoms with Crippen molar-refractivity contribution in [3.05, 3.63) is 226 Å². The van der Waals surface area contributed by atoms with E-state index in [9.17, 15) is 4.79 Å². The summed E-state index contributed by atoms with van der Waals surface area (Å²) in [5.74, 6) is -0.636. The molecule has 0 aliphatic carbocycles. The maximum Gasteiger partial charge on any atom is 0.362 e. The minimum Gasteiger partial charge on any atom is -0.461 e. The van der Waals surface area contributed by atoms with E-state index in [-0.39, 0.29) is 12.3 Å². The number of nitrogens with zero attached hydrogens (tertiary/aromatic N) is 2. The zero-order chi connectivity index (χ0) is 35.6. The number of benzene rings is 6. The van der Waals surface area contributed by atoms with Gasteiger partial charge < -0.3 is 14.9 Å². The molecule has 7 rings (SSSR count). The summed E-state index contributed by atoms with van der Waals surface area (Å²) in [5.41, 5.74) is 3.93. The largest absolute Gasteiger partial charge is 0.461 e. The van der Waals surface area contributed by atoms with E-state index in [1.54, 1.807) is 6.92 Å². The van der Waals surface area contributed by atoms with Crippen molar-refractivity contribution in [1.82, 2.24) is 4.98 Å². The van der Waals surface area contributed by atoms with Crippen LogP contribution < -0.4 is 5.32 Å². The maximum atomic E-state index is 13.7. The van der Waals surface area contributed by atoms with Gasteiger partial charge in [0, 0.05) is 22.1 Å². The number of aromatic nitrogens is 1. The molecule has 1 N–H and O–H groups in total. The van der Waals surface area contributed by atoms with Crippen LogP contribution in [0.4, 0.5) is 5.13 Å². The van der Waals surface area contributed by atoms with Crippen LogP contribution >= 0.6 is 11.3 Å². The predicted octanol–water partition coefficient (Wildman–Crippen LogP) is 9.82. The van der Waals surface area contributed by atoms with Crippen molar-refractivity contribution < 1.29 is 14.4 Å². The van der Waals surface area contributed by atoms with Crippen molar-refractivity contribution in [2.75, 3.05) is 11.9 Å². The van der Waals surface area contributed by atoms with E-state index < -0.39 is 17.1 Å². The average Bonchev–Trinajstić information content (AvgIpc) is 3.68. The number of hydrogen-bond donors (Lipinski definition) is 1. The summed E-state index contributed by atoms with van der Waals surface area (Å²) in [7, 11) is 0. The highest BCUT2D eigenvalue weighted by atomic mass is 32.1. The molecule has 1 aromatic heterocycles. The van der Waals surface area contributed by atoms with Gasteiger partial charge in [0.15, 0.2) is 5.13 Å². The van der Waals surface area contributed by atoms with Crippen molar-refractivity contribution in [3.63, 3.8) is 0 Å². The normalized spacial score (nSPS) is 11.8. The van der Waals surface area contributed by atoms with Crippen LogP contribution in [0.2, 0.25) is 0 Å². The van der Waals surface area contributed by atoms with Crippen LogP contribution in [-0.2, 0) is 25.5 Å². The second-order valence-corrected chi connectivity index (χ2v) is 12.9. The van der Waals surface area contributed by atoms with Crippen molar-refractivity contribution in [3.8, 4) is 0 Å². The number of nitrogens with one attached hydrogen (secondary N) is 1. The Morgan fingerprint density at radius 2 is 0.962 bits per heavy atom. The standard InChI is InChI=1S/C45H37N3O3S/c1-2-50-42(49)41(48-51-45(37-27-15-6-16-28-37,38-29-17-7-18-30-38)39-31-19-8-20-32-39)40-33-52-43(46-40)47-44(34-21-9-3-10-22-34,35-23-11-4-12-24-35)36-25-13-5-14-26-36/h3-33H,2H2,1H3,(H,46,47). The third-order valence-corrected chi connectivity index (χ3v) is 9.70. The van der Waals surface area contributed by atoms with Crippen molar-refractivity contribution in [1.29, 1.82) is 0 Å². The molecule has 0 fully saturated rings. The van der Waals surface area contributed by atoms with Gasteiger partial charge in [-0.3, -0.25) is 0 Å². The van der Waals surface area contributed by atoms with E-state index in [4.69, 9.17) is 14.6 Å². The van der Waals surface area contributed by atoms with Crippen molar-refractivity contribution in [2.45, 2.75) is 18.1 Å². The smallest absolute Gasteiger partial charge is 0.362 e. The van der Waals surface area contributed by atoms with Gasteiger partial charge in [-0.1, -0.05) is 187 Å². The Balaban J connectivity index is 1.36. The molecule has 0 unspecified atom stereocenters. The van der Waals surface area contributed by atoms with E-state index in [2.05, 4.69) is 46.9 Å². The van der Waals surface area contributed by atoms with E-state index in [1.165, 1.54) is 11.3 Å². The molecular formula is C45H37N3O3S. The molecule has 256 valence electrons. The first-order valence-corrected chi connectivity index (χ1v) is 18.0. The van der Waals surface area contributed by atoms with E-state index >= 15 is 0 Å². The molecule has 0 saturated heterocycles. The van der Waals surface area contributed by atoms with Gasteiger partial charge in [0.2, 0.25) is 11.3 Å². The van der Waals surface area contributed by atoms with Crippen LogP contribution in [-0.4, -0.2) is 23.3 Å². The van der Waals surface area contributed by atoms with Crippen molar-refractivity contribution in [2.24, 2.45) is 5.16 Å². The Labute approximate surface area is 308 Å². The zero-order valence-corrected chi connectivity index (χ0v) is 29.4. The van der Waals surface area contributed by atoms with Crippen LogP contribution in [0.5, 0.6) is 0 Å². The highest BCUT2D eigenvalue weighted by Crippen LogP contribution is 2.42. The van der Waals surface area contributed by atoms with Gasteiger partial charge in [-0.25, -0.2) is 9.78 Å². The summed E-state index contributed by atoms with van der Waals surface area (Å²) in [6.07, 6.45) is 0. The summed E-state index contributed by atoms with van der Waals surface area (Å²) in [5, 5.41) is 10.8. The molecule has 0 saturated carbocycles. The Kier molecular flexibility index (Phi) is 10.3. The Morgan fingerprint density at radius 1 is 0.596 bits per heavy atom. The number of hydrogen-bond acceptors (Lipinski definition) is 7. The fraction of sp³-hybridized carbons (Fsp3) is 0.0889. The third kappa shape index (κ3) is 6.74. The van der Waals surface area contributed by atoms with Gasteiger partial charge in [0.1, 0.15) is 11.2 Å². The molecule has 0 bridgehead atoms. The highest BCUT2D eigenvalue weighted by molar-refractivity contribution is 7.14. The monoisotopic (exact) mass is 699 g/mol. The molecule has 0 amide bonds. The Hall–Kier alpha value is -6.31. The van der Waals surface area contributed by atoms with E-state index in [1.807, 2.05) is 151 Å². The minimum absolute atomic E-state index is 0.0388. The molecule has 6 aromatic carbocycles. The van der Waals surface area contributed by atoms with Gasteiger partial charge in [-0.2, -0.15) is 0 Å². The molecule has 52 heavy (non-hydrogen) atoms. The lowest BCUT2D eigenvalue weighted by molar-refractivity contribution is -0.135. The van der Waals surface area contributed by atoms with Crippen LogP contribution in [0, 0.1) is 0 Å². The number of carbonyl (C=O) groups excluding carboxylic acids is 1. The second kappa shape index (κ2) is 15.7. The summed E-state index contributed by atoms with van der Waals surface area (Å²) in [4.78, 5) is 25.5. The molecule has 1 heterocycles. The van der Waals surface area contributed by atoms with E-state index in [0.29, 0.717) is 10.8 Å². The molecule has 0 atom stereocenters. The van der Waals surface area contributed by atoms with Gasteiger partial charge in [0.25, 0.3) is 0 Å². The number of carbonyl (C=O) groups is 1. The number of rotatable bonds is 13. The molecule has 0 aliphatic rings. The first kappa shape index (κ1) is 34.2. The maximum absolute atomic E-state index is 13.7. The molecule has 0 aliphatic heterocycles. The quantitative estimate of drug-likeness (QED) is 0.0562. The van der Waals surface area contributed by atoms with Crippen molar-refractivity contribution >= 4 is 28.1 Å². The van der Waals surface area contributed by atoms with Crippen LogP contribution in [0.3, 0.4) is 0 Å². The fourth-order valence-electron chi connectivity index (χ4n) is 6.56. The summed E-state index contributed by atoms with van der Waals surface area (Å²) >= 11 is 1.38. The summed E-state index contributed by atoms with van der Waals surface area (Å²) in [6, 6.07) is 60.5. The number of thiazole rings is 1. The highest BCUT2D eigenvalue weighted by Gasteiger charge is 2.41. The summed E-state index contributed by atoms with van der Waals surface area (Å²) in [6.45, 7) is 1.92. The third-order valence-electron chi connectivity index (χ3n) is 8.95. The number of anilines is 1. The predicted molar refractivity (Wildman–Crippen MR) is 208 cm³/mol. The SMILES string of the molecule is CCOC(=O)C(=NOC(c1ccccc1)(c1ccccc1)c1ccccc1)c1csc(NC(c2ccccc2)(c2ccccc2)c2ccccc2)n1. The molecule has 7 heteroatoms. The fourth-order valence-corrected chi connectivity index (χ4v) is 7.31. The first-order chi connectivity index (χ1) is 25.6. The second-order valence-electron chi connectivity index (χ2n) is 12.0. The number of oxime groups is 1. The lowest BCUT2D eigenvalue weighted by atomic mass is 9.77.